The van der Waals surface area contributed by atoms with Crippen molar-refractivity contribution in [3.63, 3.8) is 0 Å². The Hall–Kier alpha value is -2.93. The first-order valence-corrected chi connectivity index (χ1v) is 7.74. The molecule has 7 heteroatoms. The maximum absolute atomic E-state index is 11.9. The summed E-state index contributed by atoms with van der Waals surface area (Å²) in [4.78, 5) is 11.9. The number of benzene rings is 2. The van der Waals surface area contributed by atoms with Gasteiger partial charge in [0.2, 0.25) is 0 Å². The van der Waals surface area contributed by atoms with E-state index in [-0.39, 0.29) is 22.8 Å². The highest BCUT2D eigenvalue weighted by Gasteiger charge is 2.30. The molecule has 0 fully saturated rings. The second kappa shape index (κ2) is 6.52. The van der Waals surface area contributed by atoms with E-state index in [0.717, 1.165) is 11.1 Å². The number of rotatable bonds is 4. The average molecular weight is 345 g/mol. The molecule has 132 valence electrons. The molecule has 0 aliphatic carbocycles. The van der Waals surface area contributed by atoms with Crippen molar-refractivity contribution in [3.8, 4) is 23.0 Å². The number of aromatic hydroxyl groups is 2. The first kappa shape index (κ1) is 16.9. The van der Waals surface area contributed by atoms with Crippen LogP contribution in [0.25, 0.3) is 0 Å². The average Bonchev–Trinajstić information content (AvgIpc) is 2.60. The lowest BCUT2D eigenvalue weighted by Gasteiger charge is -2.29. The number of ether oxygens (including phenoxy) is 2. The number of aromatic carboxylic acids is 1. The molecule has 0 spiro atoms. The van der Waals surface area contributed by atoms with Gasteiger partial charge in [-0.3, -0.25) is 0 Å². The third-order valence-corrected chi connectivity index (χ3v) is 4.39. The van der Waals surface area contributed by atoms with Gasteiger partial charge in [-0.15, -0.1) is 0 Å². The van der Waals surface area contributed by atoms with Crippen LogP contribution in [-0.2, 0) is 6.42 Å². The maximum atomic E-state index is 11.9. The van der Waals surface area contributed by atoms with Crippen molar-refractivity contribution in [3.05, 3.63) is 46.5 Å². The molecule has 4 N–H and O–H groups in total. The van der Waals surface area contributed by atoms with Gasteiger partial charge in [-0.25, -0.2) is 4.79 Å². The SMILES string of the molecule is COc1ccc([C@H]2NCCc3cc(O)c(O)cc32)c(C(=O)O)c1OC. The fourth-order valence-electron chi connectivity index (χ4n) is 3.26. The van der Waals surface area contributed by atoms with E-state index in [9.17, 15) is 20.1 Å². The predicted molar refractivity (Wildman–Crippen MR) is 89.8 cm³/mol. The predicted octanol–water partition coefficient (Wildman–Crippen LogP) is 2.05. The zero-order valence-corrected chi connectivity index (χ0v) is 13.9. The molecule has 1 heterocycles. The smallest absolute Gasteiger partial charge is 0.339 e. The fraction of sp³-hybridized carbons (Fsp3) is 0.278. The molecule has 2 aromatic carbocycles. The van der Waals surface area contributed by atoms with Gasteiger partial charge in [-0.05, 0) is 41.3 Å². The minimum absolute atomic E-state index is 0.000218. The normalized spacial score (nSPS) is 16.2. The summed E-state index contributed by atoms with van der Waals surface area (Å²) in [6, 6.07) is 5.84. The summed E-state index contributed by atoms with van der Waals surface area (Å²) < 4.78 is 10.5. The lowest BCUT2D eigenvalue weighted by Crippen LogP contribution is -2.31. The van der Waals surface area contributed by atoms with E-state index in [2.05, 4.69) is 5.32 Å². The molecule has 0 amide bonds. The minimum Gasteiger partial charge on any atom is -0.504 e. The number of carbonyl (C=O) groups is 1. The lowest BCUT2D eigenvalue weighted by molar-refractivity contribution is 0.0690. The highest BCUT2D eigenvalue weighted by Crippen LogP contribution is 2.41. The Kier molecular flexibility index (Phi) is 4.41. The molecule has 0 saturated heterocycles. The molecule has 0 aromatic heterocycles. The van der Waals surface area contributed by atoms with Crippen molar-refractivity contribution in [2.24, 2.45) is 0 Å². The van der Waals surface area contributed by atoms with E-state index < -0.39 is 12.0 Å². The molecular formula is C18H19NO6. The molecule has 25 heavy (non-hydrogen) atoms. The van der Waals surface area contributed by atoms with Crippen molar-refractivity contribution < 1.29 is 29.6 Å². The topological polar surface area (TPSA) is 108 Å². The zero-order chi connectivity index (χ0) is 18.1. The van der Waals surface area contributed by atoms with Crippen molar-refractivity contribution in [1.29, 1.82) is 0 Å². The quantitative estimate of drug-likeness (QED) is 0.628. The minimum atomic E-state index is -1.14. The van der Waals surface area contributed by atoms with E-state index in [0.29, 0.717) is 24.3 Å². The Balaban J connectivity index is 2.22. The molecule has 1 aliphatic rings. The summed E-state index contributed by atoms with van der Waals surface area (Å²) in [6.07, 6.45) is 0.662. The van der Waals surface area contributed by atoms with Crippen LogP contribution in [0.2, 0.25) is 0 Å². The van der Waals surface area contributed by atoms with Gasteiger partial charge in [0.15, 0.2) is 23.0 Å². The van der Waals surface area contributed by atoms with E-state index in [1.165, 1.54) is 26.4 Å². The van der Waals surface area contributed by atoms with Gasteiger partial charge in [-0.2, -0.15) is 0 Å². The number of nitrogens with one attached hydrogen (secondary N) is 1. The molecule has 0 unspecified atom stereocenters. The molecule has 0 saturated carbocycles. The van der Waals surface area contributed by atoms with Gasteiger partial charge in [0, 0.05) is 6.54 Å². The van der Waals surface area contributed by atoms with Crippen LogP contribution < -0.4 is 14.8 Å². The molecule has 1 atom stereocenters. The third-order valence-electron chi connectivity index (χ3n) is 4.39. The molecule has 0 bridgehead atoms. The standard InChI is InChI=1S/C18H19NO6/c1-24-14-4-3-10(15(18(22)23)17(14)25-2)16-11-8-13(21)12(20)7-9(11)5-6-19-16/h3-4,7-8,16,19-21H,5-6H2,1-2H3,(H,22,23)/t16-/m1/s1. The van der Waals surface area contributed by atoms with Crippen LogP contribution in [0.4, 0.5) is 0 Å². The van der Waals surface area contributed by atoms with E-state index in [1.54, 1.807) is 12.1 Å². The summed E-state index contributed by atoms with van der Waals surface area (Å²) in [5.74, 6) is -1.10. The molecule has 1 aliphatic heterocycles. The van der Waals surface area contributed by atoms with E-state index >= 15 is 0 Å². The molecule has 7 nitrogen and oxygen atoms in total. The highest BCUT2D eigenvalue weighted by molar-refractivity contribution is 5.94. The van der Waals surface area contributed by atoms with Gasteiger partial charge in [0.25, 0.3) is 0 Å². The molecular weight excluding hydrogens is 326 g/mol. The van der Waals surface area contributed by atoms with Crippen LogP contribution in [0.15, 0.2) is 24.3 Å². The third kappa shape index (κ3) is 2.83. The Bertz CT molecular complexity index is 833. The van der Waals surface area contributed by atoms with Crippen LogP contribution in [0.3, 0.4) is 0 Å². The monoisotopic (exact) mass is 345 g/mol. The number of hydrogen-bond acceptors (Lipinski definition) is 6. The summed E-state index contributed by atoms with van der Waals surface area (Å²) >= 11 is 0. The summed E-state index contributed by atoms with van der Waals surface area (Å²) in [6.45, 7) is 0.606. The van der Waals surface area contributed by atoms with E-state index in [1.807, 2.05) is 0 Å². The summed E-state index contributed by atoms with van der Waals surface area (Å²) in [5.41, 5.74) is 2.07. The van der Waals surface area contributed by atoms with Gasteiger partial charge < -0.3 is 30.1 Å². The fourth-order valence-corrected chi connectivity index (χ4v) is 3.26. The first-order valence-electron chi connectivity index (χ1n) is 7.74. The van der Waals surface area contributed by atoms with Crippen LogP contribution in [0.1, 0.15) is 33.1 Å². The number of carboxylic acids is 1. The van der Waals surface area contributed by atoms with E-state index in [4.69, 9.17) is 9.47 Å². The molecule has 2 aromatic rings. The largest absolute Gasteiger partial charge is 0.504 e. The summed E-state index contributed by atoms with van der Waals surface area (Å²) in [7, 11) is 2.83. The molecule has 3 rings (SSSR count). The van der Waals surface area contributed by atoms with Crippen LogP contribution in [-0.4, -0.2) is 42.1 Å². The Labute approximate surface area is 144 Å². The number of hydrogen-bond donors (Lipinski definition) is 4. The van der Waals surface area contributed by atoms with Gasteiger partial charge >= 0.3 is 5.97 Å². The van der Waals surface area contributed by atoms with Crippen LogP contribution in [0.5, 0.6) is 23.0 Å². The number of fused-ring (bicyclic) bond motifs is 1. The van der Waals surface area contributed by atoms with Gasteiger partial charge in [0.1, 0.15) is 5.56 Å². The van der Waals surface area contributed by atoms with Crippen LogP contribution >= 0.6 is 0 Å². The van der Waals surface area contributed by atoms with Crippen molar-refractivity contribution in [2.45, 2.75) is 12.5 Å². The second-order valence-electron chi connectivity index (χ2n) is 5.75. The Morgan fingerprint density at radius 2 is 1.84 bits per heavy atom. The van der Waals surface area contributed by atoms with Crippen molar-refractivity contribution >= 4 is 5.97 Å². The zero-order valence-electron chi connectivity index (χ0n) is 13.9. The number of carboxylic acid groups (broad SMARTS) is 1. The number of phenols is 2. The lowest BCUT2D eigenvalue weighted by atomic mass is 9.87. The Morgan fingerprint density at radius 1 is 1.12 bits per heavy atom. The molecule has 0 radical (unpaired) electrons. The van der Waals surface area contributed by atoms with Crippen molar-refractivity contribution in [1.82, 2.24) is 5.32 Å². The second-order valence-corrected chi connectivity index (χ2v) is 5.75. The summed E-state index contributed by atoms with van der Waals surface area (Å²) in [5, 5.41) is 32.6. The van der Waals surface area contributed by atoms with Gasteiger partial charge in [0.05, 0.1) is 20.3 Å². The number of phenolic OH excluding ortho intramolecular Hbond substituents is 2. The Morgan fingerprint density at radius 3 is 2.48 bits per heavy atom. The first-order chi connectivity index (χ1) is 12.0. The van der Waals surface area contributed by atoms with Crippen molar-refractivity contribution in [2.75, 3.05) is 20.8 Å². The maximum Gasteiger partial charge on any atom is 0.339 e. The number of methoxy groups -OCH3 is 2. The highest BCUT2D eigenvalue weighted by atomic mass is 16.5. The van der Waals surface area contributed by atoms with Gasteiger partial charge in [-0.1, -0.05) is 6.07 Å². The van der Waals surface area contributed by atoms with Crippen LogP contribution in [0, 0.1) is 0 Å².